The maximum Gasteiger partial charge on any atom is 0.245 e. The Morgan fingerprint density at radius 1 is 1.28 bits per heavy atom. The van der Waals surface area contributed by atoms with E-state index in [1.54, 1.807) is 22.0 Å². The number of nitrogens with zero attached hydrogens (tertiary/aromatic N) is 2. The smallest absolute Gasteiger partial charge is 0.245 e. The average Bonchev–Trinajstić information content (AvgIpc) is 3.19. The highest BCUT2D eigenvalue weighted by Gasteiger charge is 2.38. The van der Waals surface area contributed by atoms with Crippen LogP contribution in [0, 0.1) is 0 Å². The highest BCUT2D eigenvalue weighted by Crippen LogP contribution is 2.26. The van der Waals surface area contributed by atoms with Crippen LogP contribution in [0.25, 0.3) is 10.9 Å². The third kappa shape index (κ3) is 3.36. The van der Waals surface area contributed by atoms with Gasteiger partial charge in [-0.25, -0.2) is 0 Å². The molecule has 1 saturated heterocycles. The summed E-state index contributed by atoms with van der Waals surface area (Å²) in [5.41, 5.74) is 2.06. The molecule has 1 aliphatic rings. The van der Waals surface area contributed by atoms with Gasteiger partial charge in [-0.1, -0.05) is 30.4 Å². The van der Waals surface area contributed by atoms with E-state index < -0.39 is 6.04 Å². The van der Waals surface area contributed by atoms with Crippen LogP contribution in [0.4, 0.5) is 0 Å². The molecule has 2 heterocycles. The van der Waals surface area contributed by atoms with Crippen molar-refractivity contribution < 1.29 is 9.59 Å². The summed E-state index contributed by atoms with van der Waals surface area (Å²) in [6, 6.07) is 7.56. The molecule has 0 bridgehead atoms. The molecule has 1 aromatic heterocycles. The number of H-pyrrole nitrogens is 1. The molecular formula is C20H23N3O2. The highest BCUT2D eigenvalue weighted by molar-refractivity contribution is 5.91. The summed E-state index contributed by atoms with van der Waals surface area (Å²) >= 11 is 0. The summed E-state index contributed by atoms with van der Waals surface area (Å²) in [6.45, 7) is 8.77. The number of amides is 2. The molecule has 5 nitrogen and oxygen atoms in total. The van der Waals surface area contributed by atoms with Gasteiger partial charge in [0.25, 0.3) is 0 Å². The number of nitrogens with one attached hydrogen (secondary N) is 1. The topological polar surface area (TPSA) is 56.4 Å². The summed E-state index contributed by atoms with van der Waals surface area (Å²) in [4.78, 5) is 31.9. The van der Waals surface area contributed by atoms with Crippen molar-refractivity contribution in [3.05, 3.63) is 61.3 Å². The molecule has 130 valence electrons. The zero-order valence-electron chi connectivity index (χ0n) is 14.3. The van der Waals surface area contributed by atoms with E-state index in [1.165, 1.54) is 0 Å². The molecule has 0 aliphatic carbocycles. The molecule has 1 aliphatic heterocycles. The van der Waals surface area contributed by atoms with Crippen LogP contribution in [-0.4, -0.2) is 45.7 Å². The Balaban J connectivity index is 1.83. The van der Waals surface area contributed by atoms with Crippen molar-refractivity contribution in [3.8, 4) is 0 Å². The molecule has 0 radical (unpaired) electrons. The summed E-state index contributed by atoms with van der Waals surface area (Å²) in [5.74, 6) is -0.00808. The standard InChI is InChI=1S/C20H23N3O2/c1-3-11-22(12-4-2)20(25)18-9-10-19(24)23(18)14-15-13-21-17-8-6-5-7-16(15)17/h3-8,13,18,21H,1-2,9-12,14H2. The number of hydrogen-bond acceptors (Lipinski definition) is 2. The number of carbonyl (C=O) groups is 2. The minimum absolute atomic E-state index is 0.0285. The van der Waals surface area contributed by atoms with Gasteiger partial charge in [0.2, 0.25) is 11.8 Å². The van der Waals surface area contributed by atoms with Crippen molar-refractivity contribution in [3.63, 3.8) is 0 Å². The molecule has 1 atom stereocenters. The van der Waals surface area contributed by atoms with Gasteiger partial charge in [0.05, 0.1) is 0 Å². The van der Waals surface area contributed by atoms with Gasteiger partial charge in [-0.2, -0.15) is 0 Å². The van der Waals surface area contributed by atoms with Crippen molar-refractivity contribution in [2.75, 3.05) is 13.1 Å². The summed E-state index contributed by atoms with van der Waals surface area (Å²) in [7, 11) is 0. The maximum atomic E-state index is 12.9. The van der Waals surface area contributed by atoms with Gasteiger partial charge in [0, 0.05) is 43.2 Å². The monoisotopic (exact) mass is 337 g/mol. The normalized spacial score (nSPS) is 17.0. The minimum Gasteiger partial charge on any atom is -0.361 e. The highest BCUT2D eigenvalue weighted by atomic mass is 16.2. The number of aromatic amines is 1. The minimum atomic E-state index is -0.416. The Bertz CT molecular complexity index is 798. The molecular weight excluding hydrogens is 314 g/mol. The van der Waals surface area contributed by atoms with Gasteiger partial charge in [0.15, 0.2) is 0 Å². The van der Waals surface area contributed by atoms with Crippen LogP contribution >= 0.6 is 0 Å². The van der Waals surface area contributed by atoms with Crippen LogP contribution < -0.4 is 0 Å². The first-order chi connectivity index (χ1) is 12.2. The molecule has 1 aromatic carbocycles. The third-order valence-electron chi connectivity index (χ3n) is 4.64. The van der Waals surface area contributed by atoms with E-state index in [1.807, 2.05) is 30.5 Å². The quantitative estimate of drug-likeness (QED) is 0.790. The number of hydrogen-bond donors (Lipinski definition) is 1. The largest absolute Gasteiger partial charge is 0.361 e. The molecule has 1 N–H and O–H groups in total. The number of para-hydroxylation sites is 1. The molecule has 0 saturated carbocycles. The number of likely N-dealkylation sites (tertiary alicyclic amines) is 1. The van der Waals surface area contributed by atoms with Gasteiger partial charge in [-0.3, -0.25) is 9.59 Å². The fourth-order valence-corrected chi connectivity index (χ4v) is 3.41. The van der Waals surface area contributed by atoms with Gasteiger partial charge >= 0.3 is 0 Å². The molecule has 1 unspecified atom stereocenters. The second-order valence-electron chi connectivity index (χ2n) is 6.26. The predicted octanol–water partition coefficient (Wildman–Crippen LogP) is 2.86. The SMILES string of the molecule is C=CCN(CC=C)C(=O)C1CCC(=O)N1Cc1c[nH]c2ccccc12. The van der Waals surface area contributed by atoms with Crippen LogP contribution in [0.15, 0.2) is 55.8 Å². The van der Waals surface area contributed by atoms with Crippen LogP contribution in [0.1, 0.15) is 18.4 Å². The second-order valence-corrected chi connectivity index (χ2v) is 6.26. The molecule has 3 rings (SSSR count). The van der Waals surface area contributed by atoms with Gasteiger partial charge < -0.3 is 14.8 Å². The van der Waals surface area contributed by atoms with Crippen molar-refractivity contribution in [2.24, 2.45) is 0 Å². The Kier molecular flexibility index (Phi) is 5.03. The Morgan fingerprint density at radius 2 is 2.00 bits per heavy atom. The molecule has 0 spiro atoms. The lowest BCUT2D eigenvalue weighted by molar-refractivity contribution is -0.141. The average molecular weight is 337 g/mol. The number of benzene rings is 1. The zero-order chi connectivity index (χ0) is 17.8. The van der Waals surface area contributed by atoms with Gasteiger partial charge in [-0.15, -0.1) is 13.2 Å². The predicted molar refractivity (Wildman–Crippen MR) is 98.8 cm³/mol. The van der Waals surface area contributed by atoms with E-state index in [9.17, 15) is 9.59 Å². The van der Waals surface area contributed by atoms with Crippen LogP contribution in [-0.2, 0) is 16.1 Å². The molecule has 5 heteroatoms. The Hall–Kier alpha value is -2.82. The zero-order valence-corrected chi connectivity index (χ0v) is 14.3. The third-order valence-corrected chi connectivity index (χ3v) is 4.64. The summed E-state index contributed by atoms with van der Waals surface area (Å²) in [5, 5.41) is 1.09. The fourth-order valence-electron chi connectivity index (χ4n) is 3.41. The van der Waals surface area contributed by atoms with E-state index in [-0.39, 0.29) is 11.8 Å². The lowest BCUT2D eigenvalue weighted by atomic mass is 10.1. The van der Waals surface area contributed by atoms with Crippen LogP contribution in [0.2, 0.25) is 0 Å². The van der Waals surface area contributed by atoms with E-state index in [0.717, 1.165) is 16.5 Å². The lowest BCUT2D eigenvalue weighted by Crippen LogP contribution is -2.46. The van der Waals surface area contributed by atoms with E-state index in [2.05, 4.69) is 18.1 Å². The Morgan fingerprint density at radius 3 is 2.72 bits per heavy atom. The van der Waals surface area contributed by atoms with Crippen LogP contribution in [0.5, 0.6) is 0 Å². The number of fused-ring (bicyclic) bond motifs is 1. The molecule has 2 aromatic rings. The van der Waals surface area contributed by atoms with Crippen LogP contribution in [0.3, 0.4) is 0 Å². The fraction of sp³-hybridized carbons (Fsp3) is 0.300. The summed E-state index contributed by atoms with van der Waals surface area (Å²) < 4.78 is 0. The molecule has 2 amide bonds. The molecule has 25 heavy (non-hydrogen) atoms. The first-order valence-corrected chi connectivity index (χ1v) is 8.50. The maximum absolute atomic E-state index is 12.9. The summed E-state index contributed by atoms with van der Waals surface area (Å²) in [6.07, 6.45) is 6.28. The first-order valence-electron chi connectivity index (χ1n) is 8.50. The first kappa shape index (κ1) is 17.0. The second kappa shape index (κ2) is 7.38. The van der Waals surface area contributed by atoms with Gasteiger partial charge in [-0.05, 0) is 18.1 Å². The number of aromatic nitrogens is 1. The number of rotatable bonds is 7. The van der Waals surface area contributed by atoms with Crippen molar-refractivity contribution in [2.45, 2.75) is 25.4 Å². The van der Waals surface area contributed by atoms with Crippen molar-refractivity contribution >= 4 is 22.7 Å². The molecule has 1 fully saturated rings. The lowest BCUT2D eigenvalue weighted by Gasteiger charge is -2.29. The van der Waals surface area contributed by atoms with E-state index >= 15 is 0 Å². The van der Waals surface area contributed by atoms with Gasteiger partial charge in [0.1, 0.15) is 6.04 Å². The van der Waals surface area contributed by atoms with E-state index in [0.29, 0.717) is 32.5 Å². The Labute approximate surface area is 147 Å². The van der Waals surface area contributed by atoms with E-state index in [4.69, 9.17) is 0 Å². The van der Waals surface area contributed by atoms with Crippen molar-refractivity contribution in [1.82, 2.24) is 14.8 Å². The number of carbonyl (C=O) groups excluding carboxylic acids is 2. The van der Waals surface area contributed by atoms with Crippen molar-refractivity contribution in [1.29, 1.82) is 0 Å².